The maximum atomic E-state index is 5.30. The van der Waals surface area contributed by atoms with Crippen molar-refractivity contribution < 1.29 is 4.74 Å². The first kappa shape index (κ1) is 15.8. The lowest BCUT2D eigenvalue weighted by atomic mass is 9.81. The number of nitrogens with one attached hydrogen (secondary N) is 2. The minimum atomic E-state index is 0.483. The van der Waals surface area contributed by atoms with E-state index in [0.717, 1.165) is 11.4 Å². The van der Waals surface area contributed by atoms with Crippen LogP contribution >= 0.6 is 12.2 Å². The van der Waals surface area contributed by atoms with E-state index < -0.39 is 0 Å². The topological polar surface area (TPSA) is 45.6 Å². The first-order valence-corrected chi connectivity index (χ1v) is 7.80. The number of anilines is 1. The van der Waals surface area contributed by atoms with Gasteiger partial charge in [-0.25, -0.2) is 0 Å². The van der Waals surface area contributed by atoms with Gasteiger partial charge in [0.05, 0.1) is 12.8 Å². The van der Waals surface area contributed by atoms with Crippen LogP contribution < -0.4 is 15.5 Å². The summed E-state index contributed by atoms with van der Waals surface area (Å²) in [7, 11) is 1.64. The second-order valence-electron chi connectivity index (χ2n) is 5.54. The predicted octanol–water partition coefficient (Wildman–Crippen LogP) is 3.79. The van der Waals surface area contributed by atoms with Gasteiger partial charge in [-0.3, -0.25) is 5.43 Å². The maximum absolute atomic E-state index is 5.30. The fraction of sp³-hybridized carbons (Fsp3) is 0.500. The predicted molar refractivity (Wildman–Crippen MR) is 92.0 cm³/mol. The molecule has 0 aliphatic heterocycles. The smallest absolute Gasteiger partial charge is 0.191 e. The molecule has 1 aromatic rings. The molecule has 0 amide bonds. The molecule has 0 spiro atoms. The standard InChI is InChI=1S/C16H23N3OS/c1-11-7-6-8-12(2)15(11)18-19-16(21)17-13-9-4-5-10-14(13)20-3/h4-5,9-12H,6-8H2,1-3H3,(H2,17,19,21)/t11-,12-/m0/s1. The van der Waals surface area contributed by atoms with E-state index in [0.29, 0.717) is 16.9 Å². The van der Waals surface area contributed by atoms with Gasteiger partial charge in [-0.05, 0) is 49.0 Å². The minimum absolute atomic E-state index is 0.483. The number of rotatable bonds is 3. The van der Waals surface area contributed by atoms with E-state index >= 15 is 0 Å². The maximum Gasteiger partial charge on any atom is 0.191 e. The van der Waals surface area contributed by atoms with Crippen LogP contribution in [0.2, 0.25) is 0 Å². The highest BCUT2D eigenvalue weighted by Gasteiger charge is 2.22. The Balaban J connectivity index is 1.98. The third-order valence-corrected chi connectivity index (χ3v) is 4.12. The van der Waals surface area contributed by atoms with Crippen LogP contribution in [0.15, 0.2) is 29.4 Å². The molecule has 0 radical (unpaired) electrons. The summed E-state index contributed by atoms with van der Waals surface area (Å²) in [4.78, 5) is 0. The van der Waals surface area contributed by atoms with Crippen LogP contribution in [0.5, 0.6) is 5.75 Å². The van der Waals surface area contributed by atoms with Crippen LogP contribution in [0, 0.1) is 11.8 Å². The summed E-state index contributed by atoms with van der Waals surface area (Å²) >= 11 is 5.30. The van der Waals surface area contributed by atoms with Crippen LogP contribution in [0.1, 0.15) is 33.1 Å². The molecule has 21 heavy (non-hydrogen) atoms. The van der Waals surface area contributed by atoms with E-state index in [1.807, 2.05) is 24.3 Å². The molecule has 5 heteroatoms. The van der Waals surface area contributed by atoms with E-state index in [4.69, 9.17) is 17.0 Å². The van der Waals surface area contributed by atoms with Crippen LogP contribution in [-0.4, -0.2) is 17.9 Å². The summed E-state index contributed by atoms with van der Waals surface area (Å²) in [6, 6.07) is 7.67. The molecule has 1 fully saturated rings. The Labute approximate surface area is 132 Å². The monoisotopic (exact) mass is 305 g/mol. The summed E-state index contributed by atoms with van der Waals surface area (Å²) in [5.74, 6) is 1.80. The second kappa shape index (κ2) is 7.41. The number of nitrogens with zero attached hydrogens (tertiary/aromatic N) is 1. The third kappa shape index (κ3) is 4.17. The van der Waals surface area contributed by atoms with Gasteiger partial charge >= 0.3 is 0 Å². The molecule has 0 heterocycles. The van der Waals surface area contributed by atoms with Crippen molar-refractivity contribution >= 4 is 28.7 Å². The average molecular weight is 305 g/mol. The van der Waals surface area contributed by atoms with Crippen molar-refractivity contribution in [2.24, 2.45) is 16.9 Å². The minimum Gasteiger partial charge on any atom is -0.495 e. The molecule has 2 atom stereocenters. The second-order valence-corrected chi connectivity index (χ2v) is 5.94. The highest BCUT2D eigenvalue weighted by Crippen LogP contribution is 2.26. The number of ether oxygens (including phenoxy) is 1. The van der Waals surface area contributed by atoms with E-state index in [1.54, 1.807) is 7.11 Å². The lowest BCUT2D eigenvalue weighted by Gasteiger charge is -2.26. The van der Waals surface area contributed by atoms with Gasteiger partial charge in [0.25, 0.3) is 0 Å². The molecule has 0 saturated heterocycles. The van der Waals surface area contributed by atoms with Crippen LogP contribution in [0.4, 0.5) is 5.69 Å². The number of hydrazone groups is 1. The van der Waals surface area contributed by atoms with Gasteiger partial charge in [-0.2, -0.15) is 5.10 Å². The molecule has 1 aliphatic carbocycles. The number of hydrogen-bond donors (Lipinski definition) is 2. The van der Waals surface area contributed by atoms with E-state index in [1.165, 1.54) is 25.0 Å². The van der Waals surface area contributed by atoms with Gasteiger partial charge in [0.2, 0.25) is 0 Å². The molecule has 2 rings (SSSR count). The zero-order valence-electron chi connectivity index (χ0n) is 12.8. The molecule has 0 aromatic heterocycles. The van der Waals surface area contributed by atoms with Crippen LogP contribution in [-0.2, 0) is 0 Å². The summed E-state index contributed by atoms with van der Waals surface area (Å²) in [5.41, 5.74) is 5.01. The highest BCUT2D eigenvalue weighted by atomic mass is 32.1. The van der Waals surface area contributed by atoms with Crippen molar-refractivity contribution in [3.8, 4) is 5.75 Å². The molecule has 1 aromatic carbocycles. The van der Waals surface area contributed by atoms with E-state index in [9.17, 15) is 0 Å². The van der Waals surface area contributed by atoms with Crippen molar-refractivity contribution in [3.05, 3.63) is 24.3 Å². The molecule has 2 N–H and O–H groups in total. The first-order chi connectivity index (χ1) is 10.1. The summed E-state index contributed by atoms with van der Waals surface area (Å²) in [6.45, 7) is 4.46. The lowest BCUT2D eigenvalue weighted by molar-refractivity contribution is 0.417. The quantitative estimate of drug-likeness (QED) is 0.659. The third-order valence-electron chi connectivity index (χ3n) is 3.93. The normalized spacial score (nSPS) is 21.6. The number of para-hydroxylation sites is 2. The summed E-state index contributed by atoms with van der Waals surface area (Å²) < 4.78 is 5.29. The summed E-state index contributed by atoms with van der Waals surface area (Å²) in [6.07, 6.45) is 3.69. The number of hydrogen-bond acceptors (Lipinski definition) is 3. The van der Waals surface area contributed by atoms with E-state index in [-0.39, 0.29) is 0 Å². The molecular formula is C16H23N3OS. The van der Waals surface area contributed by atoms with Gasteiger partial charge in [-0.1, -0.05) is 32.4 Å². The first-order valence-electron chi connectivity index (χ1n) is 7.39. The fourth-order valence-electron chi connectivity index (χ4n) is 2.75. The van der Waals surface area contributed by atoms with Crippen molar-refractivity contribution in [3.63, 3.8) is 0 Å². The Kier molecular flexibility index (Phi) is 5.56. The zero-order valence-corrected chi connectivity index (χ0v) is 13.7. The Morgan fingerprint density at radius 3 is 2.57 bits per heavy atom. The Bertz CT molecular complexity index is 518. The number of benzene rings is 1. The van der Waals surface area contributed by atoms with Crippen LogP contribution in [0.25, 0.3) is 0 Å². The van der Waals surface area contributed by atoms with Crippen LogP contribution in [0.3, 0.4) is 0 Å². The van der Waals surface area contributed by atoms with Crippen molar-refractivity contribution in [2.45, 2.75) is 33.1 Å². The molecule has 4 nitrogen and oxygen atoms in total. The van der Waals surface area contributed by atoms with Gasteiger partial charge in [0.15, 0.2) is 5.11 Å². The molecule has 1 aliphatic rings. The lowest BCUT2D eigenvalue weighted by Crippen LogP contribution is -2.31. The van der Waals surface area contributed by atoms with Crippen molar-refractivity contribution in [2.75, 3.05) is 12.4 Å². The number of methoxy groups -OCH3 is 1. The highest BCUT2D eigenvalue weighted by molar-refractivity contribution is 7.80. The largest absolute Gasteiger partial charge is 0.495 e. The molecule has 0 bridgehead atoms. The fourth-order valence-corrected chi connectivity index (χ4v) is 2.90. The van der Waals surface area contributed by atoms with Crippen molar-refractivity contribution in [1.82, 2.24) is 5.43 Å². The molecular weight excluding hydrogens is 282 g/mol. The molecule has 114 valence electrons. The zero-order chi connectivity index (χ0) is 15.2. The number of thiocarbonyl (C=S) groups is 1. The van der Waals surface area contributed by atoms with Gasteiger partial charge in [-0.15, -0.1) is 0 Å². The average Bonchev–Trinajstić information content (AvgIpc) is 2.47. The Hall–Kier alpha value is -1.62. The van der Waals surface area contributed by atoms with Crippen molar-refractivity contribution in [1.29, 1.82) is 0 Å². The van der Waals surface area contributed by atoms with Gasteiger partial charge in [0.1, 0.15) is 5.75 Å². The van der Waals surface area contributed by atoms with Gasteiger partial charge in [0, 0.05) is 5.71 Å². The Morgan fingerprint density at radius 2 is 1.90 bits per heavy atom. The Morgan fingerprint density at radius 1 is 1.24 bits per heavy atom. The van der Waals surface area contributed by atoms with Gasteiger partial charge < -0.3 is 10.1 Å². The summed E-state index contributed by atoms with van der Waals surface area (Å²) in [5, 5.41) is 8.12. The molecule has 1 saturated carbocycles. The van der Waals surface area contributed by atoms with E-state index in [2.05, 4.69) is 29.7 Å². The SMILES string of the molecule is COc1ccccc1NC(=S)NN=C1[C@@H](C)CCC[C@@H]1C. The molecule has 0 unspecified atom stereocenters.